The second-order valence-corrected chi connectivity index (χ2v) is 6.28. The van der Waals surface area contributed by atoms with Crippen LogP contribution < -0.4 is 20.1 Å². The Hall–Kier alpha value is -3.20. The third kappa shape index (κ3) is 3.89. The number of nitrogens with zero attached hydrogens (tertiary/aromatic N) is 3. The van der Waals surface area contributed by atoms with Gasteiger partial charge in [0.2, 0.25) is 11.9 Å². The molecule has 8 nitrogen and oxygen atoms in total. The standard InChI is InChI=1S/C17H15N5O3S/c23-15(20-11-2-3-13-14(8-11)25-7-6-24-13)9-12-10-26-17(21-12)22-16-18-4-1-5-19-16/h1-5,8,10H,6-7,9H2,(H,20,23)(H,18,19,21,22). The van der Waals surface area contributed by atoms with E-state index < -0.39 is 0 Å². The Morgan fingerprint density at radius 2 is 1.96 bits per heavy atom. The summed E-state index contributed by atoms with van der Waals surface area (Å²) < 4.78 is 11.0. The minimum atomic E-state index is -0.158. The molecule has 2 aromatic heterocycles. The van der Waals surface area contributed by atoms with Crippen molar-refractivity contribution in [3.05, 3.63) is 47.7 Å². The normalized spacial score (nSPS) is 12.5. The number of nitrogens with one attached hydrogen (secondary N) is 2. The van der Waals surface area contributed by atoms with E-state index in [0.29, 0.717) is 47.2 Å². The quantitative estimate of drug-likeness (QED) is 0.713. The third-order valence-electron chi connectivity index (χ3n) is 3.50. The van der Waals surface area contributed by atoms with Crippen LogP contribution in [0.1, 0.15) is 5.69 Å². The summed E-state index contributed by atoms with van der Waals surface area (Å²) in [5.41, 5.74) is 1.33. The van der Waals surface area contributed by atoms with Crippen LogP contribution in [0.25, 0.3) is 0 Å². The van der Waals surface area contributed by atoms with Gasteiger partial charge in [0, 0.05) is 29.5 Å². The van der Waals surface area contributed by atoms with Crippen molar-refractivity contribution in [1.29, 1.82) is 0 Å². The van der Waals surface area contributed by atoms with Crippen molar-refractivity contribution < 1.29 is 14.3 Å². The zero-order valence-electron chi connectivity index (χ0n) is 13.6. The van der Waals surface area contributed by atoms with Gasteiger partial charge in [0.05, 0.1) is 12.1 Å². The average Bonchev–Trinajstić information content (AvgIpc) is 3.09. The molecule has 26 heavy (non-hydrogen) atoms. The topological polar surface area (TPSA) is 98.3 Å². The number of hydrogen-bond acceptors (Lipinski definition) is 8. The SMILES string of the molecule is O=C(Cc1csc(Nc2ncccn2)n1)Nc1ccc2c(c1)OCCO2. The maximum atomic E-state index is 12.3. The molecular weight excluding hydrogens is 354 g/mol. The molecule has 0 atom stereocenters. The Morgan fingerprint density at radius 1 is 1.15 bits per heavy atom. The van der Waals surface area contributed by atoms with E-state index >= 15 is 0 Å². The molecule has 0 unspecified atom stereocenters. The first kappa shape index (κ1) is 16.3. The number of rotatable bonds is 5. The van der Waals surface area contributed by atoms with Crippen molar-refractivity contribution in [3.8, 4) is 11.5 Å². The van der Waals surface area contributed by atoms with Crippen LogP contribution in [0.4, 0.5) is 16.8 Å². The Morgan fingerprint density at radius 3 is 2.81 bits per heavy atom. The Bertz CT molecular complexity index is 916. The van der Waals surface area contributed by atoms with Crippen LogP contribution in [0.5, 0.6) is 11.5 Å². The van der Waals surface area contributed by atoms with E-state index in [-0.39, 0.29) is 12.3 Å². The van der Waals surface area contributed by atoms with Gasteiger partial charge in [0.25, 0.3) is 0 Å². The molecule has 0 spiro atoms. The molecular formula is C17H15N5O3S. The summed E-state index contributed by atoms with van der Waals surface area (Å²) >= 11 is 1.39. The zero-order valence-corrected chi connectivity index (χ0v) is 14.5. The Labute approximate surface area is 153 Å². The van der Waals surface area contributed by atoms with Gasteiger partial charge in [-0.3, -0.25) is 4.79 Å². The molecule has 2 N–H and O–H groups in total. The fraction of sp³-hybridized carbons (Fsp3) is 0.176. The Kier molecular flexibility index (Phi) is 4.61. The molecule has 1 amide bonds. The summed E-state index contributed by atoms with van der Waals surface area (Å²) in [4.78, 5) is 24.8. The highest BCUT2D eigenvalue weighted by Crippen LogP contribution is 2.32. The van der Waals surface area contributed by atoms with E-state index in [1.165, 1.54) is 11.3 Å². The van der Waals surface area contributed by atoms with Crippen molar-refractivity contribution in [2.24, 2.45) is 0 Å². The Balaban J connectivity index is 1.36. The van der Waals surface area contributed by atoms with Gasteiger partial charge in [-0.05, 0) is 18.2 Å². The van der Waals surface area contributed by atoms with Gasteiger partial charge in [0.15, 0.2) is 16.6 Å². The molecule has 0 radical (unpaired) electrons. The van der Waals surface area contributed by atoms with Crippen LogP contribution in [0, 0.1) is 0 Å². The number of ether oxygens (including phenoxy) is 2. The van der Waals surface area contributed by atoms with Crippen molar-refractivity contribution in [2.75, 3.05) is 23.8 Å². The van der Waals surface area contributed by atoms with E-state index in [4.69, 9.17) is 9.47 Å². The molecule has 0 bridgehead atoms. The van der Waals surface area contributed by atoms with E-state index in [1.807, 2.05) is 5.38 Å². The minimum absolute atomic E-state index is 0.158. The summed E-state index contributed by atoms with van der Waals surface area (Å²) in [7, 11) is 0. The lowest BCUT2D eigenvalue weighted by Crippen LogP contribution is -2.17. The molecule has 1 aliphatic rings. The van der Waals surface area contributed by atoms with Crippen LogP contribution in [0.3, 0.4) is 0 Å². The van der Waals surface area contributed by atoms with Crippen LogP contribution >= 0.6 is 11.3 Å². The molecule has 0 fully saturated rings. The minimum Gasteiger partial charge on any atom is -0.486 e. The van der Waals surface area contributed by atoms with Crippen LogP contribution in [-0.4, -0.2) is 34.1 Å². The van der Waals surface area contributed by atoms with E-state index in [0.717, 1.165) is 0 Å². The van der Waals surface area contributed by atoms with E-state index in [9.17, 15) is 4.79 Å². The first-order valence-corrected chi connectivity index (χ1v) is 8.82. The zero-order chi connectivity index (χ0) is 17.8. The second kappa shape index (κ2) is 7.36. The van der Waals surface area contributed by atoms with Crippen LogP contribution in [0.2, 0.25) is 0 Å². The predicted molar refractivity (Wildman–Crippen MR) is 97.2 cm³/mol. The number of fused-ring (bicyclic) bond motifs is 1. The first-order chi connectivity index (χ1) is 12.8. The fourth-order valence-electron chi connectivity index (χ4n) is 2.40. The highest BCUT2D eigenvalue weighted by Gasteiger charge is 2.14. The summed E-state index contributed by atoms with van der Waals surface area (Å²) in [6.45, 7) is 1.04. The third-order valence-corrected chi connectivity index (χ3v) is 4.31. The summed E-state index contributed by atoms with van der Waals surface area (Å²) in [5.74, 6) is 1.63. The molecule has 1 aliphatic heterocycles. The van der Waals surface area contributed by atoms with Crippen LogP contribution in [-0.2, 0) is 11.2 Å². The lowest BCUT2D eigenvalue weighted by molar-refractivity contribution is -0.115. The summed E-state index contributed by atoms with van der Waals surface area (Å²) in [6.07, 6.45) is 3.46. The predicted octanol–water partition coefficient (Wildman–Crippen LogP) is 2.63. The van der Waals surface area contributed by atoms with Crippen molar-refractivity contribution >= 4 is 34.0 Å². The average molecular weight is 369 g/mol. The van der Waals surface area contributed by atoms with Crippen molar-refractivity contribution in [2.45, 2.75) is 6.42 Å². The number of amides is 1. The van der Waals surface area contributed by atoms with Gasteiger partial charge >= 0.3 is 0 Å². The van der Waals surface area contributed by atoms with Crippen molar-refractivity contribution in [3.63, 3.8) is 0 Å². The largest absolute Gasteiger partial charge is 0.486 e. The fourth-order valence-corrected chi connectivity index (χ4v) is 3.10. The number of carbonyl (C=O) groups is 1. The van der Waals surface area contributed by atoms with E-state index in [2.05, 4.69) is 25.6 Å². The maximum Gasteiger partial charge on any atom is 0.230 e. The molecule has 3 heterocycles. The highest BCUT2D eigenvalue weighted by molar-refractivity contribution is 7.13. The molecule has 3 aromatic rings. The molecule has 0 saturated carbocycles. The van der Waals surface area contributed by atoms with Gasteiger partial charge in [-0.2, -0.15) is 0 Å². The van der Waals surface area contributed by atoms with Gasteiger partial charge in [-0.15, -0.1) is 11.3 Å². The molecule has 4 rings (SSSR count). The number of anilines is 3. The molecule has 1 aromatic carbocycles. The van der Waals surface area contributed by atoms with Crippen LogP contribution in [0.15, 0.2) is 42.0 Å². The summed E-state index contributed by atoms with van der Waals surface area (Å²) in [6, 6.07) is 7.06. The smallest absolute Gasteiger partial charge is 0.230 e. The molecule has 0 saturated heterocycles. The molecule has 132 valence electrons. The lowest BCUT2D eigenvalue weighted by atomic mass is 10.2. The number of thiazole rings is 1. The number of benzene rings is 1. The summed E-state index contributed by atoms with van der Waals surface area (Å²) in [5, 5.41) is 8.31. The number of aromatic nitrogens is 3. The highest BCUT2D eigenvalue weighted by atomic mass is 32.1. The monoisotopic (exact) mass is 369 g/mol. The maximum absolute atomic E-state index is 12.3. The van der Waals surface area contributed by atoms with E-state index in [1.54, 1.807) is 36.7 Å². The van der Waals surface area contributed by atoms with Gasteiger partial charge in [0.1, 0.15) is 13.2 Å². The first-order valence-electron chi connectivity index (χ1n) is 7.94. The lowest BCUT2D eigenvalue weighted by Gasteiger charge is -2.18. The van der Waals surface area contributed by atoms with Gasteiger partial charge in [-0.25, -0.2) is 15.0 Å². The molecule has 0 aliphatic carbocycles. The van der Waals surface area contributed by atoms with Gasteiger partial charge in [-0.1, -0.05) is 0 Å². The van der Waals surface area contributed by atoms with Crippen molar-refractivity contribution in [1.82, 2.24) is 15.0 Å². The second-order valence-electron chi connectivity index (χ2n) is 5.42. The number of hydrogen-bond donors (Lipinski definition) is 2. The number of carbonyl (C=O) groups excluding carboxylic acids is 1. The van der Waals surface area contributed by atoms with Gasteiger partial charge < -0.3 is 20.1 Å². The molecule has 9 heteroatoms.